The van der Waals surface area contributed by atoms with Crippen molar-refractivity contribution in [2.75, 3.05) is 19.7 Å². The van der Waals surface area contributed by atoms with E-state index in [2.05, 4.69) is 15.2 Å². The van der Waals surface area contributed by atoms with Crippen LogP contribution in [0.4, 0.5) is 0 Å². The Kier molecular flexibility index (Phi) is 4.33. The lowest BCUT2D eigenvalue weighted by Gasteiger charge is -2.32. The fourth-order valence-electron chi connectivity index (χ4n) is 3.69. The molecule has 29 heavy (non-hydrogen) atoms. The van der Waals surface area contributed by atoms with Crippen LogP contribution < -0.4 is 0 Å². The van der Waals surface area contributed by atoms with Crippen molar-refractivity contribution in [2.24, 2.45) is 7.05 Å². The van der Waals surface area contributed by atoms with Crippen LogP contribution in [0.5, 0.6) is 0 Å². The molecule has 0 saturated carbocycles. The molecule has 146 valence electrons. The van der Waals surface area contributed by atoms with Crippen LogP contribution in [-0.2, 0) is 11.8 Å². The summed E-state index contributed by atoms with van der Waals surface area (Å²) < 4.78 is 9.64. The molecule has 1 unspecified atom stereocenters. The predicted molar refractivity (Wildman–Crippen MR) is 107 cm³/mol. The van der Waals surface area contributed by atoms with Gasteiger partial charge in [0.05, 0.1) is 24.2 Å². The first-order valence-corrected chi connectivity index (χ1v) is 9.48. The van der Waals surface area contributed by atoms with Gasteiger partial charge in [-0.05, 0) is 36.4 Å². The molecule has 1 fully saturated rings. The predicted octanol–water partition coefficient (Wildman–Crippen LogP) is 2.37. The smallest absolute Gasteiger partial charge is 0.254 e. The highest BCUT2D eigenvalue weighted by Gasteiger charge is 2.28. The summed E-state index contributed by atoms with van der Waals surface area (Å²) in [5.41, 5.74) is 3.59. The summed E-state index contributed by atoms with van der Waals surface area (Å²) in [5.74, 6) is 0.715. The number of aromatic nitrogens is 5. The lowest BCUT2D eigenvalue weighted by atomic mass is 10.1. The fourth-order valence-corrected chi connectivity index (χ4v) is 3.69. The molecule has 8 nitrogen and oxygen atoms in total. The monoisotopic (exact) mass is 388 g/mol. The van der Waals surface area contributed by atoms with Crippen LogP contribution in [-0.4, -0.2) is 54.8 Å². The minimum atomic E-state index is -0.267. The lowest BCUT2D eigenvalue weighted by molar-refractivity contribution is -0.0281. The first kappa shape index (κ1) is 17.6. The van der Waals surface area contributed by atoms with Gasteiger partial charge in [-0.15, -0.1) is 10.2 Å². The molecule has 0 spiro atoms. The van der Waals surface area contributed by atoms with E-state index >= 15 is 0 Å². The minimum absolute atomic E-state index is 0.0116. The number of benzene rings is 2. The van der Waals surface area contributed by atoms with Crippen molar-refractivity contribution in [3.63, 3.8) is 0 Å². The van der Waals surface area contributed by atoms with E-state index in [4.69, 9.17) is 4.74 Å². The van der Waals surface area contributed by atoms with E-state index in [0.29, 0.717) is 25.3 Å². The molecule has 0 N–H and O–H groups in total. The topological polar surface area (TPSA) is 78.1 Å². The van der Waals surface area contributed by atoms with Gasteiger partial charge >= 0.3 is 0 Å². The molecular formula is C21H20N6O2. The number of aryl methyl sites for hydroxylation is 1. The zero-order valence-corrected chi connectivity index (χ0v) is 16.0. The molecular weight excluding hydrogens is 368 g/mol. The highest BCUT2D eigenvalue weighted by atomic mass is 16.5. The van der Waals surface area contributed by atoms with Gasteiger partial charge < -0.3 is 14.2 Å². The molecule has 1 atom stereocenters. The second-order valence-corrected chi connectivity index (χ2v) is 7.06. The second-order valence-electron chi connectivity index (χ2n) is 7.06. The van der Waals surface area contributed by atoms with Gasteiger partial charge in [-0.2, -0.15) is 0 Å². The van der Waals surface area contributed by atoms with Crippen LogP contribution >= 0.6 is 0 Å². The molecule has 4 aromatic rings. The minimum Gasteiger partial charge on any atom is -0.366 e. The number of amides is 1. The largest absolute Gasteiger partial charge is 0.366 e. The van der Waals surface area contributed by atoms with Crippen molar-refractivity contribution in [3.05, 3.63) is 72.6 Å². The molecule has 1 aliphatic rings. The highest BCUT2D eigenvalue weighted by molar-refractivity contribution is 5.94. The Hall–Kier alpha value is -3.52. The summed E-state index contributed by atoms with van der Waals surface area (Å²) >= 11 is 0. The standard InChI is InChI=1S/C21H20N6O2/c1-25-14-23-24-20(25)19-12-26(10-11-29-19)21(28)15-6-8-16(9-7-15)27-13-22-17-4-2-3-5-18(17)27/h2-9,13-14,19H,10-12H2,1H3. The Morgan fingerprint density at radius 3 is 2.72 bits per heavy atom. The van der Waals surface area contributed by atoms with Gasteiger partial charge in [-0.1, -0.05) is 12.1 Å². The number of carbonyl (C=O) groups excluding carboxylic acids is 1. The molecule has 1 amide bonds. The van der Waals surface area contributed by atoms with Gasteiger partial charge in [-0.3, -0.25) is 9.36 Å². The molecule has 0 aliphatic carbocycles. The van der Waals surface area contributed by atoms with Crippen molar-refractivity contribution < 1.29 is 9.53 Å². The van der Waals surface area contributed by atoms with Gasteiger partial charge in [0.15, 0.2) is 5.82 Å². The van der Waals surface area contributed by atoms with E-state index < -0.39 is 0 Å². The maximum atomic E-state index is 13.0. The van der Waals surface area contributed by atoms with E-state index in [1.165, 1.54) is 0 Å². The number of imidazole rings is 1. The number of hydrogen-bond acceptors (Lipinski definition) is 5. The van der Waals surface area contributed by atoms with Gasteiger partial charge in [0, 0.05) is 24.8 Å². The average Bonchev–Trinajstić information content (AvgIpc) is 3.40. The number of rotatable bonds is 3. The molecule has 5 rings (SSSR count). The normalized spacial score (nSPS) is 17.0. The van der Waals surface area contributed by atoms with Crippen LogP contribution in [0.15, 0.2) is 61.2 Å². The van der Waals surface area contributed by atoms with Crippen LogP contribution in [0.3, 0.4) is 0 Å². The third kappa shape index (κ3) is 3.17. The average molecular weight is 388 g/mol. The van der Waals surface area contributed by atoms with Crippen molar-refractivity contribution in [1.29, 1.82) is 0 Å². The van der Waals surface area contributed by atoms with Crippen LogP contribution in [0.1, 0.15) is 22.3 Å². The van der Waals surface area contributed by atoms with Crippen LogP contribution in [0, 0.1) is 0 Å². The quantitative estimate of drug-likeness (QED) is 0.538. The van der Waals surface area contributed by atoms with E-state index in [1.54, 1.807) is 12.7 Å². The molecule has 0 radical (unpaired) electrons. The Bertz CT molecular complexity index is 1160. The van der Waals surface area contributed by atoms with Crippen molar-refractivity contribution >= 4 is 16.9 Å². The van der Waals surface area contributed by atoms with E-state index in [-0.39, 0.29) is 12.0 Å². The van der Waals surface area contributed by atoms with Crippen molar-refractivity contribution in [1.82, 2.24) is 29.2 Å². The summed E-state index contributed by atoms with van der Waals surface area (Å²) in [6.45, 7) is 1.49. The Morgan fingerprint density at radius 1 is 1.10 bits per heavy atom. The summed E-state index contributed by atoms with van der Waals surface area (Å²) in [4.78, 5) is 19.3. The number of ether oxygens (including phenoxy) is 1. The highest BCUT2D eigenvalue weighted by Crippen LogP contribution is 2.22. The van der Waals surface area contributed by atoms with Crippen LogP contribution in [0.25, 0.3) is 16.7 Å². The first-order valence-electron chi connectivity index (χ1n) is 9.48. The molecule has 2 aromatic heterocycles. The summed E-state index contributed by atoms with van der Waals surface area (Å²) in [5, 5.41) is 8.01. The fraction of sp³-hybridized carbons (Fsp3) is 0.238. The number of fused-ring (bicyclic) bond motifs is 1. The molecule has 1 saturated heterocycles. The molecule has 3 heterocycles. The number of para-hydroxylation sites is 2. The first-order chi connectivity index (χ1) is 14.2. The summed E-state index contributed by atoms with van der Waals surface area (Å²) in [6.07, 6.45) is 3.17. The zero-order valence-electron chi connectivity index (χ0n) is 16.0. The lowest BCUT2D eigenvalue weighted by Crippen LogP contribution is -2.42. The summed E-state index contributed by atoms with van der Waals surface area (Å²) in [6, 6.07) is 15.6. The van der Waals surface area contributed by atoms with Gasteiger partial charge in [0.2, 0.25) is 0 Å². The Morgan fingerprint density at radius 2 is 1.93 bits per heavy atom. The number of carbonyl (C=O) groups is 1. The van der Waals surface area contributed by atoms with Gasteiger partial charge in [0.25, 0.3) is 5.91 Å². The number of morpholine rings is 1. The van der Waals surface area contributed by atoms with Gasteiger partial charge in [-0.25, -0.2) is 4.98 Å². The maximum absolute atomic E-state index is 13.0. The molecule has 8 heteroatoms. The van der Waals surface area contributed by atoms with E-state index in [0.717, 1.165) is 22.5 Å². The van der Waals surface area contributed by atoms with E-state index in [9.17, 15) is 4.79 Å². The number of nitrogens with zero attached hydrogens (tertiary/aromatic N) is 6. The van der Waals surface area contributed by atoms with Crippen LogP contribution in [0.2, 0.25) is 0 Å². The summed E-state index contributed by atoms with van der Waals surface area (Å²) in [7, 11) is 1.87. The maximum Gasteiger partial charge on any atom is 0.254 e. The van der Waals surface area contributed by atoms with Crippen molar-refractivity contribution in [3.8, 4) is 5.69 Å². The third-order valence-corrected chi connectivity index (χ3v) is 5.23. The Labute approximate surface area is 167 Å². The zero-order chi connectivity index (χ0) is 19.8. The van der Waals surface area contributed by atoms with E-state index in [1.807, 2.05) is 69.6 Å². The molecule has 2 aromatic carbocycles. The SMILES string of the molecule is Cn1cnnc1C1CN(C(=O)c2ccc(-n3cnc4ccccc43)cc2)CCO1. The molecule has 0 bridgehead atoms. The number of hydrogen-bond donors (Lipinski definition) is 0. The van der Waals surface area contributed by atoms with Gasteiger partial charge in [0.1, 0.15) is 18.8 Å². The van der Waals surface area contributed by atoms with Crippen molar-refractivity contribution in [2.45, 2.75) is 6.10 Å². The second kappa shape index (κ2) is 7.14. The molecule has 1 aliphatic heterocycles. The Balaban J connectivity index is 1.36. The third-order valence-electron chi connectivity index (χ3n) is 5.23.